The molecule has 2 aliphatic heterocycles. The van der Waals surface area contributed by atoms with E-state index in [4.69, 9.17) is 4.42 Å². The summed E-state index contributed by atoms with van der Waals surface area (Å²) < 4.78 is 33.9. The third kappa shape index (κ3) is 4.59. The Morgan fingerprint density at radius 2 is 1.93 bits per heavy atom. The molecule has 2 N–H and O–H groups in total. The van der Waals surface area contributed by atoms with Crippen molar-refractivity contribution in [2.75, 3.05) is 44.7 Å². The van der Waals surface area contributed by atoms with Gasteiger partial charge >= 0.3 is 0 Å². The van der Waals surface area contributed by atoms with E-state index in [-0.39, 0.29) is 17.8 Å². The number of aliphatic imine (C=N–C) groups is 1. The van der Waals surface area contributed by atoms with E-state index in [9.17, 15) is 8.78 Å². The molecule has 6 nitrogen and oxygen atoms in total. The number of rotatable bonds is 6. The van der Waals surface area contributed by atoms with Crippen LogP contribution in [0, 0.1) is 11.6 Å². The van der Waals surface area contributed by atoms with Crippen LogP contribution in [0.5, 0.6) is 0 Å². The molecule has 8 heteroatoms. The zero-order valence-electron chi connectivity index (χ0n) is 17.3. The summed E-state index contributed by atoms with van der Waals surface area (Å²) in [4.78, 5) is 8.53. The maximum atomic E-state index is 14.1. The average Bonchev–Trinajstić information content (AvgIpc) is 3.51. The second-order valence-electron chi connectivity index (χ2n) is 7.87. The maximum Gasteiger partial charge on any atom is 0.191 e. The van der Waals surface area contributed by atoms with Crippen molar-refractivity contribution in [3.8, 4) is 0 Å². The number of likely N-dealkylation sites (tertiary alicyclic amines) is 1. The fourth-order valence-corrected chi connectivity index (χ4v) is 4.40. The molecule has 2 unspecified atom stereocenters. The highest BCUT2D eigenvalue weighted by molar-refractivity contribution is 5.80. The summed E-state index contributed by atoms with van der Waals surface area (Å²) in [6.07, 6.45) is 4.89. The van der Waals surface area contributed by atoms with Crippen molar-refractivity contribution in [1.29, 1.82) is 0 Å². The van der Waals surface area contributed by atoms with E-state index < -0.39 is 11.6 Å². The second-order valence-corrected chi connectivity index (χ2v) is 7.87. The number of hydrogen-bond donors (Lipinski definition) is 2. The average molecular weight is 418 g/mol. The molecule has 0 aliphatic carbocycles. The minimum atomic E-state index is -0.523. The first-order valence-electron chi connectivity index (χ1n) is 10.6. The molecular weight excluding hydrogens is 388 g/mol. The maximum absolute atomic E-state index is 14.1. The Balaban J connectivity index is 1.35. The molecule has 0 amide bonds. The van der Waals surface area contributed by atoms with Gasteiger partial charge in [0.1, 0.15) is 23.1 Å². The molecule has 0 spiro atoms. The van der Waals surface area contributed by atoms with Crippen LogP contribution in [-0.2, 0) is 0 Å². The van der Waals surface area contributed by atoms with Crippen LogP contribution in [0.15, 0.2) is 46.0 Å². The largest absolute Gasteiger partial charge is 0.468 e. The van der Waals surface area contributed by atoms with E-state index in [0.717, 1.165) is 25.3 Å². The molecule has 0 radical (unpaired) electrons. The van der Waals surface area contributed by atoms with Crippen LogP contribution in [0.25, 0.3) is 0 Å². The summed E-state index contributed by atoms with van der Waals surface area (Å²) in [5.74, 6) is 0.587. The minimum absolute atomic E-state index is 0.0525. The van der Waals surface area contributed by atoms with Crippen LogP contribution in [0.2, 0.25) is 0 Å². The molecule has 1 aromatic carbocycles. The molecule has 2 atom stereocenters. The number of guanidine groups is 1. The molecule has 0 saturated carbocycles. The lowest BCUT2D eigenvalue weighted by atomic mass is 10.2. The highest BCUT2D eigenvalue weighted by atomic mass is 19.1. The van der Waals surface area contributed by atoms with Gasteiger partial charge in [0.25, 0.3) is 0 Å². The number of furan rings is 1. The standard InChI is InChI=1S/C22H29F2N5O/c1-25-22(26-14-19(20-8-5-13-30-20)28-10-2-3-11-28)27-16-9-12-29(15-16)21-17(23)6-4-7-18(21)24/h4-8,13,16,19H,2-3,9-12,14-15H2,1H3,(H2,25,26,27). The Hall–Kier alpha value is -2.61. The normalized spacial score (nSPS) is 21.2. The van der Waals surface area contributed by atoms with Crippen LogP contribution >= 0.6 is 0 Å². The third-order valence-electron chi connectivity index (χ3n) is 5.92. The molecule has 0 bridgehead atoms. The van der Waals surface area contributed by atoms with Crippen LogP contribution in [0.1, 0.15) is 31.1 Å². The number of nitrogens with zero attached hydrogens (tertiary/aromatic N) is 3. The molecule has 2 fully saturated rings. The predicted octanol–water partition coefficient (Wildman–Crippen LogP) is 3.14. The van der Waals surface area contributed by atoms with Crippen molar-refractivity contribution in [1.82, 2.24) is 15.5 Å². The van der Waals surface area contributed by atoms with Crippen LogP contribution < -0.4 is 15.5 Å². The fourth-order valence-electron chi connectivity index (χ4n) is 4.40. The Morgan fingerprint density at radius 1 is 1.17 bits per heavy atom. The number of benzene rings is 1. The van der Waals surface area contributed by atoms with Gasteiger partial charge in [0.05, 0.1) is 12.3 Å². The van der Waals surface area contributed by atoms with Crippen molar-refractivity contribution >= 4 is 11.6 Å². The zero-order valence-corrected chi connectivity index (χ0v) is 17.3. The molecule has 3 heterocycles. The number of nitrogens with one attached hydrogen (secondary N) is 2. The van der Waals surface area contributed by atoms with Gasteiger partial charge in [0, 0.05) is 32.7 Å². The summed E-state index contributed by atoms with van der Waals surface area (Å²) in [6, 6.07) is 8.12. The molecule has 30 heavy (non-hydrogen) atoms. The van der Waals surface area contributed by atoms with E-state index in [1.807, 2.05) is 12.1 Å². The molecule has 2 saturated heterocycles. The molecular formula is C22H29F2N5O. The summed E-state index contributed by atoms with van der Waals surface area (Å²) in [7, 11) is 1.73. The highest BCUT2D eigenvalue weighted by Crippen LogP contribution is 2.27. The highest BCUT2D eigenvalue weighted by Gasteiger charge is 2.29. The van der Waals surface area contributed by atoms with Gasteiger partial charge in [-0.3, -0.25) is 9.89 Å². The van der Waals surface area contributed by atoms with Crippen molar-refractivity contribution in [2.24, 2.45) is 4.99 Å². The van der Waals surface area contributed by atoms with E-state index in [1.165, 1.54) is 31.0 Å². The molecule has 2 aromatic rings. The first-order valence-corrected chi connectivity index (χ1v) is 10.6. The summed E-state index contributed by atoms with van der Waals surface area (Å²) in [5.41, 5.74) is 0.0525. The van der Waals surface area contributed by atoms with E-state index in [0.29, 0.717) is 25.6 Å². The van der Waals surface area contributed by atoms with Gasteiger partial charge in [-0.15, -0.1) is 0 Å². The number of hydrogen-bond acceptors (Lipinski definition) is 4. The Kier molecular flexibility index (Phi) is 6.52. The minimum Gasteiger partial charge on any atom is -0.468 e. The fraction of sp³-hybridized carbons (Fsp3) is 0.500. The molecule has 2 aliphatic rings. The van der Waals surface area contributed by atoms with E-state index in [2.05, 4.69) is 20.5 Å². The third-order valence-corrected chi connectivity index (χ3v) is 5.92. The Bertz CT molecular complexity index is 831. The summed E-state index contributed by atoms with van der Waals surface area (Å²) in [6.45, 7) is 3.91. The van der Waals surface area contributed by atoms with Crippen molar-refractivity contribution in [2.45, 2.75) is 31.3 Å². The number of halogens is 2. The smallest absolute Gasteiger partial charge is 0.191 e. The summed E-state index contributed by atoms with van der Waals surface area (Å²) >= 11 is 0. The lowest BCUT2D eigenvalue weighted by Gasteiger charge is -2.27. The van der Waals surface area contributed by atoms with E-state index in [1.54, 1.807) is 18.2 Å². The van der Waals surface area contributed by atoms with Crippen LogP contribution in [-0.4, -0.2) is 56.7 Å². The SMILES string of the molecule is CN=C(NCC(c1ccco1)N1CCCC1)NC1CCN(c2c(F)cccc2F)C1. The van der Waals surface area contributed by atoms with Crippen molar-refractivity contribution in [3.63, 3.8) is 0 Å². The number of anilines is 1. The van der Waals surface area contributed by atoms with Gasteiger partial charge in [-0.1, -0.05) is 6.07 Å². The molecule has 4 rings (SSSR count). The lowest BCUT2D eigenvalue weighted by Crippen LogP contribution is -2.47. The monoisotopic (exact) mass is 417 g/mol. The van der Waals surface area contributed by atoms with Gasteiger partial charge in [-0.2, -0.15) is 0 Å². The quantitative estimate of drug-likeness (QED) is 0.559. The van der Waals surface area contributed by atoms with Crippen molar-refractivity contribution < 1.29 is 13.2 Å². The predicted molar refractivity (Wildman–Crippen MR) is 114 cm³/mol. The lowest BCUT2D eigenvalue weighted by molar-refractivity contribution is 0.215. The van der Waals surface area contributed by atoms with Gasteiger partial charge in [0.15, 0.2) is 5.96 Å². The number of para-hydroxylation sites is 1. The first kappa shape index (κ1) is 20.7. The van der Waals surface area contributed by atoms with Crippen LogP contribution in [0.3, 0.4) is 0 Å². The van der Waals surface area contributed by atoms with Gasteiger partial charge in [-0.05, 0) is 56.6 Å². The zero-order chi connectivity index (χ0) is 20.9. The van der Waals surface area contributed by atoms with Gasteiger partial charge in [0.2, 0.25) is 0 Å². The Labute approximate surface area is 175 Å². The second kappa shape index (κ2) is 9.47. The van der Waals surface area contributed by atoms with Crippen LogP contribution in [0.4, 0.5) is 14.5 Å². The molecule has 1 aromatic heterocycles. The van der Waals surface area contributed by atoms with Gasteiger partial charge < -0.3 is 20.0 Å². The first-order chi connectivity index (χ1) is 14.7. The Morgan fingerprint density at radius 3 is 2.60 bits per heavy atom. The topological polar surface area (TPSA) is 56.0 Å². The summed E-state index contributed by atoms with van der Waals surface area (Å²) in [5, 5.41) is 6.81. The molecule has 162 valence electrons. The van der Waals surface area contributed by atoms with Crippen molar-refractivity contribution in [3.05, 3.63) is 54.0 Å². The van der Waals surface area contributed by atoms with E-state index >= 15 is 0 Å². The van der Waals surface area contributed by atoms with Gasteiger partial charge in [-0.25, -0.2) is 8.78 Å².